The minimum absolute atomic E-state index is 0.0198. The molecule has 0 radical (unpaired) electrons. The Kier molecular flexibility index (Phi) is 6.70. The van der Waals surface area contributed by atoms with Crippen molar-refractivity contribution < 1.29 is 27.5 Å². The van der Waals surface area contributed by atoms with E-state index in [1.54, 1.807) is 18.2 Å². The van der Waals surface area contributed by atoms with Crippen LogP contribution < -0.4 is 14.8 Å². The highest BCUT2D eigenvalue weighted by Crippen LogP contribution is 2.34. The average molecular weight is 492 g/mol. The van der Waals surface area contributed by atoms with Gasteiger partial charge < -0.3 is 19.7 Å². The Morgan fingerprint density at radius 2 is 1.74 bits per heavy atom. The third-order valence-electron chi connectivity index (χ3n) is 7.57. The van der Waals surface area contributed by atoms with Gasteiger partial charge >= 0.3 is 0 Å². The van der Waals surface area contributed by atoms with Crippen LogP contribution in [0.15, 0.2) is 18.2 Å². The van der Waals surface area contributed by atoms with Crippen LogP contribution in [0.1, 0.15) is 44.9 Å². The first-order chi connectivity index (χ1) is 16.4. The fraction of sp³-hybridized carbons (Fsp3) is 0.667. The fourth-order valence-corrected chi connectivity index (χ4v) is 7.44. The number of anilines is 1. The molecule has 5 rings (SSSR count). The predicted molar refractivity (Wildman–Crippen MR) is 127 cm³/mol. The van der Waals surface area contributed by atoms with E-state index in [0.717, 1.165) is 25.7 Å². The molecule has 0 spiro atoms. The van der Waals surface area contributed by atoms with Gasteiger partial charge in [0.05, 0.1) is 18.1 Å². The molecular weight excluding hydrogens is 458 g/mol. The Hall–Kier alpha value is -2.33. The van der Waals surface area contributed by atoms with Crippen molar-refractivity contribution in [1.82, 2.24) is 9.80 Å². The van der Waals surface area contributed by atoms with E-state index < -0.39 is 9.84 Å². The van der Waals surface area contributed by atoms with Crippen LogP contribution in [0.3, 0.4) is 0 Å². The number of sulfone groups is 1. The van der Waals surface area contributed by atoms with Gasteiger partial charge in [0.25, 0.3) is 0 Å². The maximum atomic E-state index is 13.3. The first kappa shape index (κ1) is 23.4. The molecule has 9 nitrogen and oxygen atoms in total. The standard InChI is InChI=1S/C24H33N3O6S/c28-23(27(19-3-1-2-4-19)20-9-12-34(30,31)15-20)14-26-10-7-17(8-11-26)24(29)25-18-5-6-21-22(13-18)33-16-32-21/h5-6,13,17,19-20H,1-4,7-12,14-16H2,(H,25,29). The Labute approximate surface area is 200 Å². The molecule has 34 heavy (non-hydrogen) atoms. The van der Waals surface area contributed by atoms with Gasteiger partial charge in [-0.3, -0.25) is 14.5 Å². The summed E-state index contributed by atoms with van der Waals surface area (Å²) in [5, 5.41) is 2.97. The SMILES string of the molecule is O=C(Nc1ccc2c(c1)OCO2)C1CCN(CC(=O)N(C2CCCC2)C2CCS(=O)(=O)C2)CC1. The van der Waals surface area contributed by atoms with E-state index in [9.17, 15) is 18.0 Å². The van der Waals surface area contributed by atoms with Gasteiger partial charge in [-0.05, 0) is 57.3 Å². The Morgan fingerprint density at radius 3 is 2.44 bits per heavy atom. The van der Waals surface area contributed by atoms with Gasteiger partial charge in [-0.25, -0.2) is 8.42 Å². The highest BCUT2D eigenvalue weighted by molar-refractivity contribution is 7.91. The van der Waals surface area contributed by atoms with E-state index in [0.29, 0.717) is 56.1 Å². The molecule has 1 aliphatic carbocycles. The average Bonchev–Trinajstić information content (AvgIpc) is 3.56. The van der Waals surface area contributed by atoms with Crippen molar-refractivity contribution in [3.63, 3.8) is 0 Å². The molecule has 0 aromatic heterocycles. The minimum atomic E-state index is -3.05. The number of carbonyl (C=O) groups excluding carboxylic acids is 2. The molecule has 3 aliphatic heterocycles. The molecule has 2 amide bonds. The van der Waals surface area contributed by atoms with Gasteiger partial charge in [0.1, 0.15) is 0 Å². The number of hydrogen-bond acceptors (Lipinski definition) is 7. The Balaban J connectivity index is 1.14. The molecule has 1 atom stereocenters. The molecule has 1 saturated carbocycles. The number of carbonyl (C=O) groups is 2. The lowest BCUT2D eigenvalue weighted by molar-refractivity contribution is -0.137. The number of nitrogens with one attached hydrogen (secondary N) is 1. The van der Waals surface area contributed by atoms with E-state index in [1.165, 1.54) is 0 Å². The molecule has 10 heteroatoms. The third-order valence-corrected chi connectivity index (χ3v) is 9.32. The zero-order chi connectivity index (χ0) is 23.7. The summed E-state index contributed by atoms with van der Waals surface area (Å²) >= 11 is 0. The van der Waals surface area contributed by atoms with Crippen LogP contribution in [0.4, 0.5) is 5.69 Å². The topological polar surface area (TPSA) is 105 Å². The molecule has 1 aromatic rings. The van der Waals surface area contributed by atoms with Crippen molar-refractivity contribution in [2.45, 2.75) is 57.0 Å². The second-order valence-electron chi connectivity index (χ2n) is 9.90. The first-order valence-electron chi connectivity index (χ1n) is 12.3. The lowest BCUT2D eigenvalue weighted by Crippen LogP contribution is -2.51. The normalized spacial score (nSPS) is 24.9. The lowest BCUT2D eigenvalue weighted by atomic mass is 9.95. The minimum Gasteiger partial charge on any atom is -0.454 e. The second kappa shape index (κ2) is 9.73. The summed E-state index contributed by atoms with van der Waals surface area (Å²) in [5.41, 5.74) is 0.686. The molecule has 1 unspecified atom stereocenters. The van der Waals surface area contributed by atoms with Gasteiger partial charge in [0, 0.05) is 29.8 Å². The van der Waals surface area contributed by atoms with Crippen molar-refractivity contribution >= 4 is 27.3 Å². The number of benzene rings is 1. The van der Waals surface area contributed by atoms with E-state index in [4.69, 9.17) is 9.47 Å². The molecule has 2 saturated heterocycles. The van der Waals surface area contributed by atoms with Crippen molar-refractivity contribution in [2.75, 3.05) is 43.2 Å². The van der Waals surface area contributed by atoms with Gasteiger partial charge in [-0.2, -0.15) is 0 Å². The number of nitrogens with zero attached hydrogens (tertiary/aromatic N) is 2. The van der Waals surface area contributed by atoms with Gasteiger partial charge in [-0.15, -0.1) is 0 Å². The zero-order valence-electron chi connectivity index (χ0n) is 19.4. The van der Waals surface area contributed by atoms with Gasteiger partial charge in [0.15, 0.2) is 21.3 Å². The zero-order valence-corrected chi connectivity index (χ0v) is 20.2. The smallest absolute Gasteiger partial charge is 0.237 e. The molecular formula is C24H33N3O6S. The van der Waals surface area contributed by atoms with Crippen LogP contribution in [0.25, 0.3) is 0 Å². The molecule has 3 fully saturated rings. The molecule has 4 aliphatic rings. The molecule has 3 heterocycles. The Morgan fingerprint density at radius 1 is 1.00 bits per heavy atom. The van der Waals surface area contributed by atoms with Crippen molar-refractivity contribution in [3.8, 4) is 11.5 Å². The number of amides is 2. The largest absolute Gasteiger partial charge is 0.454 e. The summed E-state index contributed by atoms with van der Waals surface area (Å²) in [6.07, 6.45) is 6.03. The Bertz CT molecular complexity index is 1030. The van der Waals surface area contributed by atoms with Crippen LogP contribution in [0.2, 0.25) is 0 Å². The summed E-state index contributed by atoms with van der Waals surface area (Å²) in [4.78, 5) is 30.1. The summed E-state index contributed by atoms with van der Waals surface area (Å²) < 4.78 is 34.8. The fourth-order valence-electron chi connectivity index (χ4n) is 5.73. The molecule has 1 N–H and O–H groups in total. The van der Waals surface area contributed by atoms with E-state index in [-0.39, 0.29) is 48.1 Å². The summed E-state index contributed by atoms with van der Waals surface area (Å²) in [6.45, 7) is 1.83. The number of piperidine rings is 1. The molecule has 186 valence electrons. The summed E-state index contributed by atoms with van der Waals surface area (Å²) in [7, 11) is -3.05. The maximum Gasteiger partial charge on any atom is 0.237 e. The summed E-state index contributed by atoms with van der Waals surface area (Å²) in [5.74, 6) is 1.49. The highest BCUT2D eigenvalue weighted by atomic mass is 32.2. The van der Waals surface area contributed by atoms with E-state index in [1.807, 2.05) is 4.90 Å². The number of likely N-dealkylation sites (tertiary alicyclic amines) is 1. The van der Waals surface area contributed by atoms with Crippen molar-refractivity contribution in [2.24, 2.45) is 5.92 Å². The number of ether oxygens (including phenoxy) is 2. The summed E-state index contributed by atoms with van der Waals surface area (Å²) in [6, 6.07) is 5.34. The van der Waals surface area contributed by atoms with Gasteiger partial charge in [0.2, 0.25) is 18.6 Å². The van der Waals surface area contributed by atoms with E-state index in [2.05, 4.69) is 10.2 Å². The van der Waals surface area contributed by atoms with Crippen molar-refractivity contribution in [1.29, 1.82) is 0 Å². The first-order valence-corrected chi connectivity index (χ1v) is 14.1. The van der Waals surface area contributed by atoms with Crippen molar-refractivity contribution in [3.05, 3.63) is 18.2 Å². The number of fused-ring (bicyclic) bond motifs is 1. The van der Waals surface area contributed by atoms with Crippen LogP contribution >= 0.6 is 0 Å². The second-order valence-corrected chi connectivity index (χ2v) is 12.1. The quantitative estimate of drug-likeness (QED) is 0.649. The van der Waals surface area contributed by atoms with E-state index >= 15 is 0 Å². The third kappa shape index (κ3) is 5.17. The van der Waals surface area contributed by atoms with Gasteiger partial charge in [-0.1, -0.05) is 12.8 Å². The highest BCUT2D eigenvalue weighted by Gasteiger charge is 2.39. The van der Waals surface area contributed by atoms with Crippen LogP contribution in [-0.4, -0.2) is 80.0 Å². The monoisotopic (exact) mass is 491 g/mol. The van der Waals surface area contributed by atoms with Crippen LogP contribution in [0, 0.1) is 5.92 Å². The number of hydrogen-bond donors (Lipinski definition) is 1. The van der Waals surface area contributed by atoms with Crippen LogP contribution in [-0.2, 0) is 19.4 Å². The van der Waals surface area contributed by atoms with Crippen LogP contribution in [0.5, 0.6) is 11.5 Å². The molecule has 0 bridgehead atoms. The molecule has 1 aromatic carbocycles. The lowest BCUT2D eigenvalue weighted by Gasteiger charge is -2.37. The maximum absolute atomic E-state index is 13.3. The number of rotatable bonds is 6. The predicted octanol–water partition coefficient (Wildman–Crippen LogP) is 2.02.